The number of phenols is 1. The number of amides is 1. The van der Waals surface area contributed by atoms with E-state index >= 15 is 0 Å². The number of nitrogen functional groups attached to an aromatic ring is 1. The second kappa shape index (κ2) is 4.02. The van der Waals surface area contributed by atoms with E-state index in [0.717, 1.165) is 0 Å². The van der Waals surface area contributed by atoms with Crippen molar-refractivity contribution in [3.05, 3.63) is 23.8 Å². The van der Waals surface area contributed by atoms with Gasteiger partial charge in [0.1, 0.15) is 5.75 Å². The molecule has 16 heavy (non-hydrogen) atoms. The van der Waals surface area contributed by atoms with Crippen molar-refractivity contribution < 1.29 is 15.0 Å². The van der Waals surface area contributed by atoms with Gasteiger partial charge < -0.3 is 20.8 Å². The maximum absolute atomic E-state index is 12.0. The Morgan fingerprint density at radius 3 is 2.88 bits per heavy atom. The highest BCUT2D eigenvalue weighted by molar-refractivity contribution is 5.99. The van der Waals surface area contributed by atoms with Crippen LogP contribution >= 0.6 is 0 Å². The number of carbonyl (C=O) groups is 1. The fourth-order valence-electron chi connectivity index (χ4n) is 1.83. The average molecular weight is 222 g/mol. The molecule has 5 heteroatoms. The molecule has 1 saturated heterocycles. The molecule has 1 aromatic carbocycles. The molecule has 0 unspecified atom stereocenters. The third kappa shape index (κ3) is 1.94. The lowest BCUT2D eigenvalue weighted by atomic mass is 10.1. The lowest BCUT2D eigenvalue weighted by Gasteiger charge is -2.16. The summed E-state index contributed by atoms with van der Waals surface area (Å²) in [6, 6.07) is 4.28. The molecule has 0 saturated carbocycles. The molecule has 1 aliphatic rings. The maximum atomic E-state index is 12.0. The highest BCUT2D eigenvalue weighted by Gasteiger charge is 2.26. The first kappa shape index (κ1) is 10.8. The van der Waals surface area contributed by atoms with Gasteiger partial charge in [0.2, 0.25) is 0 Å². The number of β-amino-alcohol motifs (C(OH)–C–C–N with tert-alkyl or cyclic N) is 1. The van der Waals surface area contributed by atoms with Gasteiger partial charge in [0.25, 0.3) is 5.91 Å². The number of aliphatic hydroxyl groups excluding tert-OH is 1. The molecule has 1 atom stereocenters. The summed E-state index contributed by atoms with van der Waals surface area (Å²) >= 11 is 0. The van der Waals surface area contributed by atoms with Crippen molar-refractivity contribution in [2.45, 2.75) is 12.5 Å². The van der Waals surface area contributed by atoms with Crippen LogP contribution in [0, 0.1) is 0 Å². The number of hydrogen-bond donors (Lipinski definition) is 3. The Hall–Kier alpha value is -1.75. The zero-order valence-corrected chi connectivity index (χ0v) is 8.76. The monoisotopic (exact) mass is 222 g/mol. The second-order valence-corrected chi connectivity index (χ2v) is 3.97. The van der Waals surface area contributed by atoms with Crippen LogP contribution in [0.15, 0.2) is 18.2 Å². The molecule has 1 aliphatic heterocycles. The maximum Gasteiger partial charge on any atom is 0.256 e. The molecular formula is C11H14N2O3. The van der Waals surface area contributed by atoms with Crippen LogP contribution in [0.25, 0.3) is 0 Å². The van der Waals surface area contributed by atoms with E-state index in [1.54, 1.807) is 0 Å². The predicted molar refractivity (Wildman–Crippen MR) is 59.0 cm³/mol. The first-order valence-electron chi connectivity index (χ1n) is 5.14. The minimum atomic E-state index is -0.456. The molecule has 2 rings (SSSR count). The number of aromatic hydroxyl groups is 1. The zero-order valence-electron chi connectivity index (χ0n) is 8.76. The number of likely N-dealkylation sites (tertiary alicyclic amines) is 1. The van der Waals surface area contributed by atoms with Gasteiger partial charge in [0.05, 0.1) is 11.7 Å². The number of aliphatic hydroxyl groups is 1. The van der Waals surface area contributed by atoms with E-state index in [2.05, 4.69) is 0 Å². The van der Waals surface area contributed by atoms with Crippen LogP contribution in [0.5, 0.6) is 5.75 Å². The van der Waals surface area contributed by atoms with Gasteiger partial charge in [-0.25, -0.2) is 0 Å². The van der Waals surface area contributed by atoms with Crippen molar-refractivity contribution in [1.82, 2.24) is 4.90 Å². The Balaban J connectivity index is 2.23. The number of anilines is 1. The van der Waals surface area contributed by atoms with Gasteiger partial charge >= 0.3 is 0 Å². The topological polar surface area (TPSA) is 86.8 Å². The summed E-state index contributed by atoms with van der Waals surface area (Å²) in [6.45, 7) is 0.850. The van der Waals surface area contributed by atoms with Gasteiger partial charge in [0.15, 0.2) is 0 Å². The van der Waals surface area contributed by atoms with E-state index in [9.17, 15) is 15.0 Å². The molecule has 5 nitrogen and oxygen atoms in total. The van der Waals surface area contributed by atoms with Gasteiger partial charge in [-0.2, -0.15) is 0 Å². The van der Waals surface area contributed by atoms with Crippen LogP contribution in [0.3, 0.4) is 0 Å². The van der Waals surface area contributed by atoms with Gasteiger partial charge in [0, 0.05) is 18.8 Å². The summed E-state index contributed by atoms with van der Waals surface area (Å²) in [4.78, 5) is 13.5. The number of benzene rings is 1. The fraction of sp³-hybridized carbons (Fsp3) is 0.364. The molecule has 1 aromatic rings. The smallest absolute Gasteiger partial charge is 0.256 e. The Labute approximate surface area is 93.1 Å². The quantitative estimate of drug-likeness (QED) is 0.467. The minimum Gasteiger partial charge on any atom is -0.508 e. The van der Waals surface area contributed by atoms with Crippen LogP contribution < -0.4 is 5.73 Å². The standard InChI is InChI=1S/C11H14N2O3/c12-10-2-1-7(14)5-9(10)11(16)13-4-3-8(15)6-13/h1-2,5,8,14-15H,3-4,6,12H2/t8-/m1/s1. The van der Waals surface area contributed by atoms with Crippen molar-refractivity contribution in [3.8, 4) is 5.75 Å². The van der Waals surface area contributed by atoms with E-state index in [1.807, 2.05) is 0 Å². The predicted octanol–water partition coefficient (Wildman–Crippen LogP) is 0.181. The number of nitrogens with two attached hydrogens (primary N) is 1. The van der Waals surface area contributed by atoms with Crippen molar-refractivity contribution in [3.63, 3.8) is 0 Å². The van der Waals surface area contributed by atoms with Gasteiger partial charge in [-0.15, -0.1) is 0 Å². The summed E-state index contributed by atoms with van der Waals surface area (Å²) < 4.78 is 0. The molecule has 0 bridgehead atoms. The first-order chi connectivity index (χ1) is 7.58. The van der Waals surface area contributed by atoms with Crippen molar-refractivity contribution >= 4 is 11.6 Å². The van der Waals surface area contributed by atoms with Crippen LogP contribution in [0.1, 0.15) is 16.8 Å². The number of rotatable bonds is 1. The van der Waals surface area contributed by atoms with Gasteiger partial charge in [-0.3, -0.25) is 4.79 Å². The highest BCUT2D eigenvalue weighted by Crippen LogP contribution is 2.22. The zero-order chi connectivity index (χ0) is 11.7. The van der Waals surface area contributed by atoms with E-state index < -0.39 is 6.10 Å². The van der Waals surface area contributed by atoms with E-state index in [4.69, 9.17) is 5.73 Å². The Morgan fingerprint density at radius 1 is 1.50 bits per heavy atom. The van der Waals surface area contributed by atoms with Crippen molar-refractivity contribution in [2.24, 2.45) is 0 Å². The van der Waals surface area contributed by atoms with Crippen molar-refractivity contribution in [2.75, 3.05) is 18.8 Å². The number of nitrogens with zero attached hydrogens (tertiary/aromatic N) is 1. The molecule has 86 valence electrons. The summed E-state index contributed by atoms with van der Waals surface area (Å²) in [5.41, 5.74) is 6.29. The lowest BCUT2D eigenvalue weighted by molar-refractivity contribution is 0.0765. The van der Waals surface area contributed by atoms with Crippen LogP contribution in [-0.4, -0.2) is 40.2 Å². The molecule has 0 radical (unpaired) electrons. The number of carbonyl (C=O) groups excluding carboxylic acids is 1. The van der Waals surface area contributed by atoms with E-state index in [0.29, 0.717) is 25.2 Å². The molecule has 1 fully saturated rings. The summed E-state index contributed by atoms with van der Waals surface area (Å²) in [6.07, 6.45) is 0.132. The average Bonchev–Trinajstić information content (AvgIpc) is 2.67. The number of phenolic OH excluding ortho intramolecular Hbond substituents is 1. The van der Waals surface area contributed by atoms with E-state index in [1.165, 1.54) is 23.1 Å². The summed E-state index contributed by atoms with van der Waals surface area (Å²) in [5.74, 6) is -0.234. The first-order valence-corrected chi connectivity index (χ1v) is 5.14. The Kier molecular flexibility index (Phi) is 2.70. The third-order valence-electron chi connectivity index (χ3n) is 2.72. The van der Waals surface area contributed by atoms with Crippen LogP contribution in [-0.2, 0) is 0 Å². The van der Waals surface area contributed by atoms with Gasteiger partial charge in [-0.1, -0.05) is 0 Å². The molecule has 0 aliphatic carbocycles. The summed E-state index contributed by atoms with van der Waals surface area (Å²) in [7, 11) is 0. The normalized spacial score (nSPS) is 20.1. The molecule has 4 N–H and O–H groups in total. The third-order valence-corrected chi connectivity index (χ3v) is 2.72. The van der Waals surface area contributed by atoms with Crippen LogP contribution in [0.2, 0.25) is 0 Å². The molecule has 0 aromatic heterocycles. The lowest BCUT2D eigenvalue weighted by Crippen LogP contribution is -2.30. The minimum absolute atomic E-state index is 0.0114. The SMILES string of the molecule is Nc1ccc(O)cc1C(=O)N1CC[C@@H](O)C1. The molecule has 1 heterocycles. The highest BCUT2D eigenvalue weighted by atomic mass is 16.3. The Morgan fingerprint density at radius 2 is 2.25 bits per heavy atom. The molecule has 0 spiro atoms. The number of hydrogen-bond acceptors (Lipinski definition) is 4. The second-order valence-electron chi connectivity index (χ2n) is 3.97. The van der Waals surface area contributed by atoms with Crippen molar-refractivity contribution in [1.29, 1.82) is 0 Å². The molecule has 1 amide bonds. The summed E-state index contributed by atoms with van der Waals surface area (Å²) in [5, 5.41) is 18.7. The van der Waals surface area contributed by atoms with Gasteiger partial charge in [-0.05, 0) is 24.6 Å². The Bertz CT molecular complexity index is 420. The van der Waals surface area contributed by atoms with E-state index in [-0.39, 0.29) is 17.2 Å². The van der Waals surface area contributed by atoms with Crippen LogP contribution in [0.4, 0.5) is 5.69 Å². The fourth-order valence-corrected chi connectivity index (χ4v) is 1.83. The largest absolute Gasteiger partial charge is 0.508 e. The molecular weight excluding hydrogens is 208 g/mol.